The third-order valence-corrected chi connectivity index (χ3v) is 2.48. The van der Waals surface area contributed by atoms with Gasteiger partial charge in [0.1, 0.15) is 5.82 Å². The molecule has 0 unspecified atom stereocenters. The first-order chi connectivity index (χ1) is 6.25. The number of hydrogen-bond acceptors (Lipinski definition) is 3. The summed E-state index contributed by atoms with van der Waals surface area (Å²) in [4.78, 5) is 9.45. The molecule has 2 heterocycles. The van der Waals surface area contributed by atoms with Crippen molar-refractivity contribution in [2.24, 2.45) is 0 Å². The van der Waals surface area contributed by atoms with Gasteiger partial charge in [0.25, 0.3) is 0 Å². The second-order valence-corrected chi connectivity index (χ2v) is 3.62. The van der Waals surface area contributed by atoms with Crippen molar-refractivity contribution in [3.8, 4) is 5.88 Å². The number of hydrogen-bond donors (Lipinski definition) is 2. The summed E-state index contributed by atoms with van der Waals surface area (Å²) < 4.78 is 0. The van der Waals surface area contributed by atoms with Crippen LogP contribution in [0.1, 0.15) is 24.4 Å². The van der Waals surface area contributed by atoms with Crippen molar-refractivity contribution in [1.29, 1.82) is 0 Å². The number of nitrogens with zero attached hydrogens (tertiary/aromatic N) is 2. The summed E-state index contributed by atoms with van der Waals surface area (Å²) in [5.74, 6) is 1.01. The number of aromatic nitrogens is 2. The summed E-state index contributed by atoms with van der Waals surface area (Å²) in [5, 5.41) is 9.25. The first-order valence-corrected chi connectivity index (χ1v) is 4.72. The largest absolute Gasteiger partial charge is 0.492 e. The quantitative estimate of drug-likeness (QED) is 0.716. The lowest BCUT2D eigenvalue weighted by atomic mass is 10.4. The van der Waals surface area contributed by atoms with Gasteiger partial charge < -0.3 is 10.1 Å². The van der Waals surface area contributed by atoms with Crippen molar-refractivity contribution in [3.63, 3.8) is 0 Å². The van der Waals surface area contributed by atoms with Gasteiger partial charge in [0.05, 0.1) is 12.2 Å². The lowest BCUT2D eigenvalue weighted by Gasteiger charge is -2.11. The summed E-state index contributed by atoms with van der Waals surface area (Å²) in [6.45, 7) is 4.97. The van der Waals surface area contributed by atoms with E-state index >= 15 is 0 Å². The van der Waals surface area contributed by atoms with E-state index in [0.717, 1.165) is 31.2 Å². The summed E-state index contributed by atoms with van der Waals surface area (Å²) in [6.07, 6.45) is 2.57. The summed E-state index contributed by atoms with van der Waals surface area (Å²) in [6, 6.07) is 0. The maximum atomic E-state index is 9.25. The van der Waals surface area contributed by atoms with Gasteiger partial charge in [-0.25, -0.2) is 0 Å². The van der Waals surface area contributed by atoms with Crippen LogP contribution in [0, 0.1) is 6.92 Å². The van der Waals surface area contributed by atoms with Crippen LogP contribution in [0.15, 0.2) is 0 Å². The van der Waals surface area contributed by atoms with E-state index in [-0.39, 0.29) is 5.88 Å². The van der Waals surface area contributed by atoms with E-state index in [4.69, 9.17) is 0 Å². The normalized spacial score (nSPS) is 18.2. The Morgan fingerprint density at radius 2 is 2.15 bits per heavy atom. The maximum Gasteiger partial charge on any atom is 0.232 e. The van der Waals surface area contributed by atoms with Crippen molar-refractivity contribution in [3.05, 3.63) is 11.5 Å². The third kappa shape index (κ3) is 1.83. The molecule has 0 spiro atoms. The fourth-order valence-electron chi connectivity index (χ4n) is 1.74. The monoisotopic (exact) mass is 181 g/mol. The van der Waals surface area contributed by atoms with E-state index in [1.165, 1.54) is 12.8 Å². The fourth-order valence-corrected chi connectivity index (χ4v) is 1.74. The molecule has 1 saturated heterocycles. The van der Waals surface area contributed by atoms with E-state index in [0.29, 0.717) is 0 Å². The maximum absolute atomic E-state index is 9.25. The highest BCUT2D eigenvalue weighted by Crippen LogP contribution is 2.15. The molecule has 0 saturated carbocycles. The summed E-state index contributed by atoms with van der Waals surface area (Å²) >= 11 is 0. The van der Waals surface area contributed by atoms with Gasteiger partial charge in [0.15, 0.2) is 0 Å². The van der Waals surface area contributed by atoms with Crippen LogP contribution < -0.4 is 0 Å². The van der Waals surface area contributed by atoms with Gasteiger partial charge in [-0.05, 0) is 32.9 Å². The standard InChI is InChI=1S/C9H15N3O/c1-7-9(13)11-8(10-7)6-12-4-2-3-5-12/h13H,2-6H2,1H3,(H,10,11). The van der Waals surface area contributed by atoms with Gasteiger partial charge in [-0.3, -0.25) is 4.90 Å². The van der Waals surface area contributed by atoms with Gasteiger partial charge in [0.2, 0.25) is 5.88 Å². The van der Waals surface area contributed by atoms with Gasteiger partial charge >= 0.3 is 0 Å². The van der Waals surface area contributed by atoms with Crippen LogP contribution in [0.3, 0.4) is 0 Å². The predicted molar refractivity (Wildman–Crippen MR) is 49.5 cm³/mol. The predicted octanol–water partition coefficient (Wildman–Crippen LogP) is 1.02. The Bertz CT molecular complexity index is 270. The molecule has 4 heteroatoms. The lowest BCUT2D eigenvalue weighted by Crippen LogP contribution is -2.19. The molecular weight excluding hydrogens is 166 g/mol. The van der Waals surface area contributed by atoms with Gasteiger partial charge in [-0.2, -0.15) is 4.98 Å². The Labute approximate surface area is 77.6 Å². The molecule has 13 heavy (non-hydrogen) atoms. The summed E-state index contributed by atoms with van der Waals surface area (Å²) in [5.41, 5.74) is 0.759. The Kier molecular flexibility index (Phi) is 2.22. The lowest BCUT2D eigenvalue weighted by molar-refractivity contribution is 0.322. The molecule has 4 nitrogen and oxygen atoms in total. The molecule has 2 rings (SSSR count). The highest BCUT2D eigenvalue weighted by atomic mass is 16.3. The van der Waals surface area contributed by atoms with Crippen LogP contribution in [-0.4, -0.2) is 33.1 Å². The SMILES string of the molecule is Cc1[nH]c(CN2CCCC2)nc1O. The molecule has 72 valence electrons. The molecule has 0 amide bonds. The zero-order valence-electron chi connectivity index (χ0n) is 7.88. The molecule has 1 aromatic heterocycles. The molecule has 0 aliphatic carbocycles. The van der Waals surface area contributed by atoms with Crippen LogP contribution in [0.2, 0.25) is 0 Å². The second kappa shape index (κ2) is 3.38. The molecule has 1 aliphatic rings. The van der Waals surface area contributed by atoms with Crippen LogP contribution in [0.4, 0.5) is 0 Å². The van der Waals surface area contributed by atoms with E-state index in [2.05, 4.69) is 14.9 Å². The van der Waals surface area contributed by atoms with Gasteiger partial charge in [-0.1, -0.05) is 0 Å². The molecule has 0 atom stereocenters. The Morgan fingerprint density at radius 1 is 1.46 bits per heavy atom. The number of likely N-dealkylation sites (tertiary alicyclic amines) is 1. The minimum atomic E-state index is 0.134. The Morgan fingerprint density at radius 3 is 2.69 bits per heavy atom. The third-order valence-electron chi connectivity index (χ3n) is 2.48. The highest BCUT2D eigenvalue weighted by molar-refractivity contribution is 5.17. The zero-order valence-corrected chi connectivity index (χ0v) is 7.88. The minimum Gasteiger partial charge on any atom is -0.492 e. The van der Waals surface area contributed by atoms with Crippen LogP contribution in [0.25, 0.3) is 0 Å². The summed E-state index contributed by atoms with van der Waals surface area (Å²) in [7, 11) is 0. The second-order valence-electron chi connectivity index (χ2n) is 3.62. The number of imidazole rings is 1. The molecule has 0 bridgehead atoms. The molecule has 0 radical (unpaired) electrons. The van der Waals surface area contributed by atoms with Crippen molar-refractivity contribution in [2.45, 2.75) is 26.3 Å². The van der Waals surface area contributed by atoms with Gasteiger partial charge in [0, 0.05) is 0 Å². The minimum absolute atomic E-state index is 0.134. The van der Waals surface area contributed by atoms with Crippen molar-refractivity contribution >= 4 is 0 Å². The molecule has 1 fully saturated rings. The number of aryl methyl sites for hydroxylation is 1. The van der Waals surface area contributed by atoms with Crippen LogP contribution >= 0.6 is 0 Å². The number of rotatable bonds is 2. The zero-order chi connectivity index (χ0) is 9.26. The van der Waals surface area contributed by atoms with Crippen LogP contribution in [0.5, 0.6) is 5.88 Å². The Hall–Kier alpha value is -1.03. The number of aromatic amines is 1. The molecule has 1 aromatic rings. The van der Waals surface area contributed by atoms with E-state index in [1.54, 1.807) is 0 Å². The van der Waals surface area contributed by atoms with Gasteiger partial charge in [-0.15, -0.1) is 0 Å². The van der Waals surface area contributed by atoms with Crippen molar-refractivity contribution < 1.29 is 5.11 Å². The number of H-pyrrole nitrogens is 1. The molecule has 2 N–H and O–H groups in total. The topological polar surface area (TPSA) is 52.2 Å². The van der Waals surface area contributed by atoms with Crippen LogP contribution in [-0.2, 0) is 6.54 Å². The average Bonchev–Trinajstić information content (AvgIpc) is 2.64. The smallest absolute Gasteiger partial charge is 0.232 e. The first-order valence-electron chi connectivity index (χ1n) is 4.72. The van der Waals surface area contributed by atoms with E-state index in [9.17, 15) is 5.11 Å². The number of aromatic hydroxyl groups is 1. The molecule has 1 aliphatic heterocycles. The fraction of sp³-hybridized carbons (Fsp3) is 0.667. The number of nitrogens with one attached hydrogen (secondary N) is 1. The van der Waals surface area contributed by atoms with E-state index < -0.39 is 0 Å². The molecule has 0 aromatic carbocycles. The Balaban J connectivity index is 2.00. The highest BCUT2D eigenvalue weighted by Gasteiger charge is 2.14. The first kappa shape index (κ1) is 8.56. The van der Waals surface area contributed by atoms with Crippen molar-refractivity contribution in [1.82, 2.24) is 14.9 Å². The van der Waals surface area contributed by atoms with Crippen molar-refractivity contribution in [2.75, 3.05) is 13.1 Å². The van der Waals surface area contributed by atoms with E-state index in [1.807, 2.05) is 6.92 Å². The average molecular weight is 181 g/mol. The molecular formula is C9H15N3O.